The van der Waals surface area contributed by atoms with E-state index in [1.807, 2.05) is 6.07 Å². The summed E-state index contributed by atoms with van der Waals surface area (Å²) in [7, 11) is 0. The van der Waals surface area contributed by atoms with E-state index in [1.54, 1.807) is 38.1 Å². The van der Waals surface area contributed by atoms with Crippen LogP contribution in [-0.2, 0) is 14.3 Å². The number of hydrogen-bond donors (Lipinski definition) is 0. The van der Waals surface area contributed by atoms with Gasteiger partial charge in [0.2, 0.25) is 0 Å². The Balaban J connectivity index is 2.48. The number of hydrogen-bond acceptors (Lipinski definition) is 4. The summed E-state index contributed by atoms with van der Waals surface area (Å²) in [4.78, 5) is 22.8. The van der Waals surface area contributed by atoms with Gasteiger partial charge in [-0.05, 0) is 32.1 Å². The van der Waals surface area contributed by atoms with E-state index in [4.69, 9.17) is 9.47 Å². The van der Waals surface area contributed by atoms with Crippen molar-refractivity contribution in [1.82, 2.24) is 0 Å². The quantitative estimate of drug-likeness (QED) is 0.463. The van der Waals surface area contributed by atoms with Gasteiger partial charge in [0.15, 0.2) is 0 Å². The Morgan fingerprint density at radius 1 is 1.21 bits per heavy atom. The van der Waals surface area contributed by atoms with Gasteiger partial charge in [-0.1, -0.05) is 18.2 Å². The second-order valence-electron chi connectivity index (χ2n) is 3.66. The minimum Gasteiger partial charge on any atom is -0.462 e. The van der Waals surface area contributed by atoms with Crippen LogP contribution in [0.25, 0.3) is 0 Å². The van der Waals surface area contributed by atoms with Crippen molar-refractivity contribution in [3.63, 3.8) is 0 Å². The molecular formula is C15H16O4. The molecule has 4 nitrogen and oxygen atoms in total. The fourth-order valence-corrected chi connectivity index (χ4v) is 1.27. The lowest BCUT2D eigenvalue weighted by atomic mass is 10.2. The number of carbonyl (C=O) groups is 2. The Hall–Kier alpha value is -2.32. The average Bonchev–Trinajstić information content (AvgIpc) is 2.44. The van der Waals surface area contributed by atoms with Gasteiger partial charge in [-0.2, -0.15) is 0 Å². The Morgan fingerprint density at radius 2 is 1.89 bits per heavy atom. The minimum atomic E-state index is -0.423. The van der Waals surface area contributed by atoms with Crippen molar-refractivity contribution < 1.29 is 19.1 Å². The van der Waals surface area contributed by atoms with Crippen LogP contribution >= 0.6 is 0 Å². The zero-order valence-corrected chi connectivity index (χ0v) is 11.0. The Kier molecular flexibility index (Phi) is 6.13. The molecule has 0 unspecified atom stereocenters. The normalized spacial score (nSPS) is 9.16. The minimum absolute atomic E-state index is 0.0600. The van der Waals surface area contributed by atoms with E-state index in [0.717, 1.165) is 0 Å². The highest BCUT2D eigenvalue weighted by Crippen LogP contribution is 2.01. The van der Waals surface area contributed by atoms with E-state index in [0.29, 0.717) is 17.7 Å². The van der Waals surface area contributed by atoms with Gasteiger partial charge in [0.1, 0.15) is 6.61 Å². The average molecular weight is 260 g/mol. The van der Waals surface area contributed by atoms with Crippen LogP contribution in [0.1, 0.15) is 24.2 Å². The van der Waals surface area contributed by atoms with E-state index in [9.17, 15) is 9.59 Å². The van der Waals surface area contributed by atoms with Gasteiger partial charge >= 0.3 is 11.9 Å². The van der Waals surface area contributed by atoms with Crippen molar-refractivity contribution >= 4 is 11.9 Å². The molecule has 0 N–H and O–H groups in total. The zero-order valence-electron chi connectivity index (χ0n) is 11.0. The van der Waals surface area contributed by atoms with Crippen molar-refractivity contribution in [3.05, 3.63) is 53.3 Å². The highest BCUT2D eigenvalue weighted by molar-refractivity contribution is 5.89. The standard InChI is InChI=1S/C15H16O4/c1-3-18-14(16)12(2)8-7-11-19-15(17)13-9-5-4-6-10-13/h4-7,9-10H,3,11H2,1-2H3. The molecule has 0 atom stereocenters. The topological polar surface area (TPSA) is 52.6 Å². The summed E-state index contributed by atoms with van der Waals surface area (Å²) in [5.74, 6) is -0.833. The lowest BCUT2D eigenvalue weighted by Gasteiger charge is -2.00. The fraction of sp³-hybridized carbons (Fsp3) is 0.267. The number of rotatable bonds is 5. The fourth-order valence-electron chi connectivity index (χ4n) is 1.27. The second-order valence-corrected chi connectivity index (χ2v) is 3.66. The molecule has 0 saturated carbocycles. The Labute approximate surface area is 112 Å². The van der Waals surface area contributed by atoms with Crippen LogP contribution in [0.5, 0.6) is 0 Å². The van der Waals surface area contributed by atoms with E-state index in [2.05, 4.69) is 5.73 Å². The molecule has 0 aromatic heterocycles. The first-order valence-electron chi connectivity index (χ1n) is 5.96. The molecule has 1 aromatic carbocycles. The summed E-state index contributed by atoms with van der Waals surface area (Å²) in [6.07, 6.45) is 1.48. The molecule has 1 rings (SSSR count). The first kappa shape index (κ1) is 14.7. The summed E-state index contributed by atoms with van der Waals surface area (Å²) in [6, 6.07) is 8.69. The maximum absolute atomic E-state index is 11.6. The molecule has 0 bridgehead atoms. The molecule has 0 saturated heterocycles. The lowest BCUT2D eigenvalue weighted by Crippen LogP contribution is -2.05. The smallest absolute Gasteiger partial charge is 0.341 e. The maximum atomic E-state index is 11.6. The zero-order chi connectivity index (χ0) is 14.1. The van der Waals surface area contributed by atoms with Crippen LogP contribution in [0.3, 0.4) is 0 Å². The van der Waals surface area contributed by atoms with Crippen LogP contribution in [0.4, 0.5) is 0 Å². The molecule has 100 valence electrons. The monoisotopic (exact) mass is 260 g/mol. The molecule has 0 aliphatic rings. The van der Waals surface area contributed by atoms with E-state index < -0.39 is 11.9 Å². The summed E-state index contributed by atoms with van der Waals surface area (Å²) in [5.41, 5.74) is 3.55. The molecular weight excluding hydrogens is 244 g/mol. The first-order chi connectivity index (χ1) is 9.15. The largest absolute Gasteiger partial charge is 0.462 e. The number of ether oxygens (including phenoxy) is 2. The van der Waals surface area contributed by atoms with Gasteiger partial charge in [0.05, 0.1) is 17.7 Å². The molecule has 0 spiro atoms. The van der Waals surface area contributed by atoms with E-state index in [1.165, 1.54) is 6.08 Å². The van der Waals surface area contributed by atoms with Crippen molar-refractivity contribution in [2.45, 2.75) is 13.8 Å². The molecule has 0 aliphatic heterocycles. The van der Waals surface area contributed by atoms with Gasteiger partial charge in [-0.15, -0.1) is 5.73 Å². The number of carbonyl (C=O) groups excluding carboxylic acids is 2. The lowest BCUT2D eigenvalue weighted by molar-refractivity contribution is -0.138. The van der Waals surface area contributed by atoms with Gasteiger partial charge < -0.3 is 9.47 Å². The van der Waals surface area contributed by atoms with Crippen molar-refractivity contribution in [1.29, 1.82) is 0 Å². The predicted molar refractivity (Wildman–Crippen MR) is 70.6 cm³/mol. The molecule has 1 aromatic rings. The third-order valence-electron chi connectivity index (χ3n) is 2.21. The molecule has 0 heterocycles. The maximum Gasteiger partial charge on any atom is 0.341 e. The van der Waals surface area contributed by atoms with E-state index in [-0.39, 0.29) is 6.61 Å². The number of esters is 2. The Morgan fingerprint density at radius 3 is 2.53 bits per heavy atom. The first-order valence-corrected chi connectivity index (χ1v) is 5.96. The second kappa shape index (κ2) is 7.90. The number of benzene rings is 1. The SMILES string of the molecule is CCOC(=O)C(C)=C=CCOC(=O)c1ccccc1. The molecule has 0 amide bonds. The van der Waals surface area contributed by atoms with Gasteiger partial charge in [0, 0.05) is 0 Å². The van der Waals surface area contributed by atoms with E-state index >= 15 is 0 Å². The van der Waals surface area contributed by atoms with Gasteiger partial charge in [-0.3, -0.25) is 0 Å². The van der Waals surface area contributed by atoms with Crippen molar-refractivity contribution in [2.75, 3.05) is 13.2 Å². The van der Waals surface area contributed by atoms with Crippen LogP contribution in [0.15, 0.2) is 47.7 Å². The third kappa shape index (κ3) is 5.23. The summed E-state index contributed by atoms with van der Waals surface area (Å²) in [6.45, 7) is 3.70. The van der Waals surface area contributed by atoms with Crippen LogP contribution in [0, 0.1) is 0 Å². The summed E-state index contributed by atoms with van der Waals surface area (Å²) < 4.78 is 9.78. The van der Waals surface area contributed by atoms with Gasteiger partial charge in [0.25, 0.3) is 0 Å². The van der Waals surface area contributed by atoms with Gasteiger partial charge in [-0.25, -0.2) is 9.59 Å². The third-order valence-corrected chi connectivity index (χ3v) is 2.21. The summed E-state index contributed by atoms with van der Waals surface area (Å²) >= 11 is 0. The van der Waals surface area contributed by atoms with Crippen LogP contribution < -0.4 is 0 Å². The molecule has 0 aliphatic carbocycles. The molecule has 4 heteroatoms. The predicted octanol–water partition coefficient (Wildman–Crippen LogP) is 2.51. The molecule has 19 heavy (non-hydrogen) atoms. The van der Waals surface area contributed by atoms with Crippen LogP contribution in [0.2, 0.25) is 0 Å². The summed E-state index contributed by atoms with van der Waals surface area (Å²) in [5, 5.41) is 0. The van der Waals surface area contributed by atoms with Crippen LogP contribution in [-0.4, -0.2) is 25.2 Å². The highest BCUT2D eigenvalue weighted by Gasteiger charge is 2.04. The Bertz CT molecular complexity index is 496. The molecule has 0 fully saturated rings. The van der Waals surface area contributed by atoms with Crippen molar-refractivity contribution in [3.8, 4) is 0 Å². The molecule has 0 radical (unpaired) electrons. The van der Waals surface area contributed by atoms with Crippen molar-refractivity contribution in [2.24, 2.45) is 0 Å². The highest BCUT2D eigenvalue weighted by atomic mass is 16.5.